The molecule has 0 heterocycles. The van der Waals surface area contributed by atoms with Crippen LogP contribution in [0.25, 0.3) is 0 Å². The highest BCUT2D eigenvalue weighted by Gasteiger charge is 2.11. The van der Waals surface area contributed by atoms with Crippen LogP contribution in [-0.4, -0.2) is 14.2 Å². The van der Waals surface area contributed by atoms with Crippen molar-refractivity contribution < 1.29 is 12.8 Å². The number of hydrogen-bond acceptors (Lipinski definition) is 2. The van der Waals surface area contributed by atoms with Gasteiger partial charge in [-0.1, -0.05) is 22.9 Å². The first kappa shape index (κ1) is 12.4. The van der Waals surface area contributed by atoms with Crippen molar-refractivity contribution >= 4 is 31.6 Å². The van der Waals surface area contributed by atoms with E-state index in [-0.39, 0.29) is 11.4 Å². The molecule has 0 radical (unpaired) electrons. The van der Waals surface area contributed by atoms with Gasteiger partial charge < -0.3 is 0 Å². The minimum atomic E-state index is -3.43. The van der Waals surface area contributed by atoms with Crippen LogP contribution in [0.4, 0.5) is 10.1 Å². The van der Waals surface area contributed by atoms with Gasteiger partial charge in [-0.2, -0.15) is 0 Å². The summed E-state index contributed by atoms with van der Waals surface area (Å²) >= 11 is 3.09. The molecule has 0 aliphatic rings. The molecule has 84 valence electrons. The Bertz CT molecular complexity index is 447. The summed E-state index contributed by atoms with van der Waals surface area (Å²) in [4.78, 5) is 0. The Kier molecular flexibility index (Phi) is 4.10. The standard InChI is InChI=1S/C9H11BrFNO2S/c1-2-5-15(13,14)12-9-4-3-7(10)6-8(9)11/h3-4,6,12H,2,5H2,1H3. The zero-order chi connectivity index (χ0) is 11.5. The normalized spacial score (nSPS) is 11.4. The van der Waals surface area contributed by atoms with Crippen LogP contribution in [-0.2, 0) is 10.0 Å². The first-order valence-electron chi connectivity index (χ1n) is 4.40. The second-order valence-electron chi connectivity index (χ2n) is 3.05. The molecule has 1 aromatic carbocycles. The average molecular weight is 296 g/mol. The van der Waals surface area contributed by atoms with Crippen LogP contribution in [0.3, 0.4) is 0 Å². The smallest absolute Gasteiger partial charge is 0.232 e. The van der Waals surface area contributed by atoms with Crippen LogP contribution in [0, 0.1) is 5.82 Å². The summed E-state index contributed by atoms with van der Waals surface area (Å²) < 4.78 is 38.7. The van der Waals surface area contributed by atoms with E-state index in [1.54, 1.807) is 13.0 Å². The molecule has 0 aliphatic carbocycles. The molecule has 0 aliphatic heterocycles. The van der Waals surface area contributed by atoms with Gasteiger partial charge in [0.2, 0.25) is 10.0 Å². The third-order valence-corrected chi connectivity index (χ3v) is 3.64. The van der Waals surface area contributed by atoms with Crippen molar-refractivity contribution in [2.24, 2.45) is 0 Å². The highest BCUT2D eigenvalue weighted by Crippen LogP contribution is 2.20. The van der Waals surface area contributed by atoms with E-state index in [0.29, 0.717) is 10.9 Å². The Morgan fingerprint density at radius 3 is 2.67 bits per heavy atom. The summed E-state index contributed by atoms with van der Waals surface area (Å²) in [6.45, 7) is 1.75. The SMILES string of the molecule is CCCS(=O)(=O)Nc1ccc(Br)cc1F. The third-order valence-electron chi connectivity index (χ3n) is 1.67. The van der Waals surface area contributed by atoms with Crippen molar-refractivity contribution in [3.05, 3.63) is 28.5 Å². The fourth-order valence-corrected chi connectivity index (χ4v) is 2.53. The lowest BCUT2D eigenvalue weighted by Gasteiger charge is -2.07. The predicted molar refractivity (Wildman–Crippen MR) is 61.8 cm³/mol. The maximum atomic E-state index is 13.3. The molecule has 0 atom stereocenters. The number of nitrogens with one attached hydrogen (secondary N) is 1. The van der Waals surface area contributed by atoms with Crippen molar-refractivity contribution in [2.45, 2.75) is 13.3 Å². The van der Waals surface area contributed by atoms with Gasteiger partial charge in [-0.25, -0.2) is 12.8 Å². The summed E-state index contributed by atoms with van der Waals surface area (Å²) in [5.41, 5.74) is -0.0216. The largest absolute Gasteiger partial charge is 0.281 e. The zero-order valence-corrected chi connectivity index (χ0v) is 10.5. The van der Waals surface area contributed by atoms with Crippen molar-refractivity contribution in [2.75, 3.05) is 10.5 Å². The van der Waals surface area contributed by atoms with Gasteiger partial charge in [0.1, 0.15) is 5.82 Å². The molecule has 0 saturated heterocycles. The predicted octanol–water partition coefficient (Wildman–Crippen LogP) is 2.74. The van der Waals surface area contributed by atoms with E-state index in [4.69, 9.17) is 0 Å². The molecular formula is C9H11BrFNO2S. The van der Waals surface area contributed by atoms with Crippen LogP contribution in [0.1, 0.15) is 13.3 Å². The van der Waals surface area contributed by atoms with E-state index in [1.807, 2.05) is 0 Å². The maximum absolute atomic E-state index is 13.3. The minimum absolute atomic E-state index is 0.0114. The van der Waals surface area contributed by atoms with Crippen LogP contribution < -0.4 is 4.72 Å². The average Bonchev–Trinajstić information content (AvgIpc) is 2.09. The van der Waals surface area contributed by atoms with Gasteiger partial charge in [-0.15, -0.1) is 0 Å². The molecule has 0 bridgehead atoms. The summed E-state index contributed by atoms with van der Waals surface area (Å²) in [5.74, 6) is -0.605. The number of sulfonamides is 1. The van der Waals surface area contributed by atoms with E-state index in [1.165, 1.54) is 12.1 Å². The number of benzene rings is 1. The van der Waals surface area contributed by atoms with Crippen molar-refractivity contribution in [1.29, 1.82) is 0 Å². The van der Waals surface area contributed by atoms with Crippen LogP contribution >= 0.6 is 15.9 Å². The summed E-state index contributed by atoms with van der Waals surface area (Å²) in [7, 11) is -3.43. The lowest BCUT2D eigenvalue weighted by atomic mass is 10.3. The van der Waals surface area contributed by atoms with E-state index in [0.717, 1.165) is 0 Å². The number of hydrogen-bond donors (Lipinski definition) is 1. The zero-order valence-electron chi connectivity index (χ0n) is 8.13. The molecule has 0 spiro atoms. The number of halogens is 2. The minimum Gasteiger partial charge on any atom is -0.281 e. The fraction of sp³-hybridized carbons (Fsp3) is 0.333. The quantitative estimate of drug-likeness (QED) is 0.928. The monoisotopic (exact) mass is 295 g/mol. The second-order valence-corrected chi connectivity index (χ2v) is 5.80. The molecule has 6 heteroatoms. The Hall–Kier alpha value is -0.620. The van der Waals surface area contributed by atoms with Gasteiger partial charge in [0.15, 0.2) is 0 Å². The topological polar surface area (TPSA) is 46.2 Å². The Morgan fingerprint density at radius 2 is 2.13 bits per heavy atom. The Balaban J connectivity index is 2.90. The maximum Gasteiger partial charge on any atom is 0.232 e. The number of rotatable bonds is 4. The molecule has 0 fully saturated rings. The molecule has 0 saturated carbocycles. The summed E-state index contributed by atoms with van der Waals surface area (Å²) in [5, 5.41) is 0. The summed E-state index contributed by atoms with van der Waals surface area (Å²) in [6.07, 6.45) is 0.494. The highest BCUT2D eigenvalue weighted by atomic mass is 79.9. The lowest BCUT2D eigenvalue weighted by molar-refractivity contribution is 0.597. The Labute approximate surface area is 96.9 Å². The van der Waals surface area contributed by atoms with Crippen molar-refractivity contribution in [3.8, 4) is 0 Å². The van der Waals surface area contributed by atoms with E-state index < -0.39 is 15.8 Å². The van der Waals surface area contributed by atoms with Crippen LogP contribution in [0.5, 0.6) is 0 Å². The number of anilines is 1. The van der Waals surface area contributed by atoms with E-state index >= 15 is 0 Å². The van der Waals surface area contributed by atoms with E-state index in [9.17, 15) is 12.8 Å². The first-order chi connectivity index (χ1) is 6.94. The molecule has 0 aromatic heterocycles. The van der Waals surface area contributed by atoms with Crippen molar-refractivity contribution in [1.82, 2.24) is 0 Å². The first-order valence-corrected chi connectivity index (χ1v) is 6.84. The molecule has 0 unspecified atom stereocenters. The van der Waals surface area contributed by atoms with Gasteiger partial charge in [0.05, 0.1) is 11.4 Å². The molecular weight excluding hydrogens is 285 g/mol. The molecule has 3 nitrogen and oxygen atoms in total. The van der Waals surface area contributed by atoms with Gasteiger partial charge in [0.25, 0.3) is 0 Å². The lowest BCUT2D eigenvalue weighted by Crippen LogP contribution is -2.16. The van der Waals surface area contributed by atoms with Crippen LogP contribution in [0.15, 0.2) is 22.7 Å². The van der Waals surface area contributed by atoms with Gasteiger partial charge >= 0.3 is 0 Å². The second kappa shape index (κ2) is 4.94. The van der Waals surface area contributed by atoms with Gasteiger partial charge in [-0.3, -0.25) is 4.72 Å². The molecule has 1 N–H and O–H groups in total. The van der Waals surface area contributed by atoms with Crippen LogP contribution in [0.2, 0.25) is 0 Å². The van der Waals surface area contributed by atoms with Gasteiger partial charge in [0, 0.05) is 4.47 Å². The molecule has 0 amide bonds. The Morgan fingerprint density at radius 1 is 1.47 bits per heavy atom. The van der Waals surface area contributed by atoms with Gasteiger partial charge in [-0.05, 0) is 24.6 Å². The molecule has 15 heavy (non-hydrogen) atoms. The highest BCUT2D eigenvalue weighted by molar-refractivity contribution is 9.10. The fourth-order valence-electron chi connectivity index (χ4n) is 1.06. The van der Waals surface area contributed by atoms with Crippen molar-refractivity contribution in [3.63, 3.8) is 0 Å². The van der Waals surface area contributed by atoms with E-state index in [2.05, 4.69) is 20.7 Å². The molecule has 1 rings (SSSR count). The summed E-state index contributed by atoms with van der Waals surface area (Å²) in [6, 6.07) is 4.17. The third kappa shape index (κ3) is 3.79. The molecule has 1 aromatic rings.